The van der Waals surface area contributed by atoms with E-state index in [4.69, 9.17) is 4.55 Å². The maximum Gasteiger partial charge on any atom is 0.397 e. The van der Waals surface area contributed by atoms with E-state index in [1.165, 1.54) is 0 Å². The van der Waals surface area contributed by atoms with E-state index in [1.807, 2.05) is 19.1 Å². The predicted molar refractivity (Wildman–Crippen MR) is 65.6 cm³/mol. The number of carbonyl (C=O) groups is 1. The summed E-state index contributed by atoms with van der Waals surface area (Å²) in [5.74, 6) is -0.234. The first-order valence-corrected chi connectivity index (χ1v) is 6.72. The second-order valence-corrected chi connectivity index (χ2v) is 4.82. The molecule has 2 N–H and O–H groups in total. The van der Waals surface area contributed by atoms with Crippen molar-refractivity contribution >= 4 is 16.3 Å². The first-order chi connectivity index (χ1) is 8.38. The summed E-state index contributed by atoms with van der Waals surface area (Å²) in [5, 5.41) is 2.61. The van der Waals surface area contributed by atoms with E-state index in [0.717, 1.165) is 5.56 Å². The summed E-state index contributed by atoms with van der Waals surface area (Å²) >= 11 is 0. The molecule has 1 amide bonds. The molecule has 0 aliphatic heterocycles. The van der Waals surface area contributed by atoms with Crippen molar-refractivity contribution in [2.75, 3.05) is 13.2 Å². The monoisotopic (exact) mass is 273 g/mol. The molecule has 0 unspecified atom stereocenters. The summed E-state index contributed by atoms with van der Waals surface area (Å²) < 4.78 is 32.9. The Morgan fingerprint density at radius 2 is 1.94 bits per heavy atom. The van der Waals surface area contributed by atoms with Crippen LogP contribution in [-0.4, -0.2) is 32.0 Å². The Kier molecular flexibility index (Phi) is 5.26. The van der Waals surface area contributed by atoms with Gasteiger partial charge in [-0.05, 0) is 25.5 Å². The van der Waals surface area contributed by atoms with Gasteiger partial charge in [-0.1, -0.05) is 17.7 Å². The number of nitrogens with one attached hydrogen (secondary N) is 1. The van der Waals surface area contributed by atoms with E-state index in [-0.39, 0.29) is 25.5 Å². The summed E-state index contributed by atoms with van der Waals surface area (Å²) in [6.07, 6.45) is 0.289. The standard InChI is InChI=1S/C11H15NO5S/c1-9-3-5-10(6-4-9)11(13)12-7-2-8-17-18(14,15)16/h3-6H,2,7-8H2,1H3,(H,12,13)(H,14,15,16). The zero-order valence-electron chi connectivity index (χ0n) is 9.92. The van der Waals surface area contributed by atoms with Crippen LogP contribution in [0.5, 0.6) is 0 Å². The molecule has 0 saturated carbocycles. The Balaban J connectivity index is 2.28. The minimum Gasteiger partial charge on any atom is -0.352 e. The molecule has 0 atom stereocenters. The van der Waals surface area contributed by atoms with Crippen LogP contribution in [0, 0.1) is 6.92 Å². The molecular formula is C11H15NO5S. The first-order valence-electron chi connectivity index (χ1n) is 5.35. The lowest BCUT2D eigenvalue weighted by molar-refractivity contribution is 0.0951. The lowest BCUT2D eigenvalue weighted by atomic mass is 10.1. The lowest BCUT2D eigenvalue weighted by Gasteiger charge is -2.05. The van der Waals surface area contributed by atoms with Crippen LogP contribution in [0.1, 0.15) is 22.3 Å². The van der Waals surface area contributed by atoms with Crippen LogP contribution in [0.4, 0.5) is 0 Å². The Bertz CT molecular complexity index is 495. The van der Waals surface area contributed by atoms with Gasteiger partial charge in [0.05, 0.1) is 6.61 Å². The van der Waals surface area contributed by atoms with Crippen molar-refractivity contribution in [3.8, 4) is 0 Å². The maximum atomic E-state index is 11.6. The molecule has 0 aromatic heterocycles. The number of hydrogen-bond acceptors (Lipinski definition) is 4. The van der Waals surface area contributed by atoms with Crippen molar-refractivity contribution in [3.63, 3.8) is 0 Å². The van der Waals surface area contributed by atoms with Crippen molar-refractivity contribution in [1.29, 1.82) is 0 Å². The fourth-order valence-electron chi connectivity index (χ4n) is 1.25. The minimum absolute atomic E-state index is 0.174. The van der Waals surface area contributed by atoms with Gasteiger partial charge in [-0.3, -0.25) is 9.35 Å². The van der Waals surface area contributed by atoms with Crippen LogP contribution in [0.3, 0.4) is 0 Å². The summed E-state index contributed by atoms with van der Waals surface area (Å²) in [7, 11) is -4.39. The minimum atomic E-state index is -4.39. The first kappa shape index (κ1) is 14.6. The number of aryl methyl sites for hydroxylation is 1. The highest BCUT2D eigenvalue weighted by atomic mass is 32.3. The van der Waals surface area contributed by atoms with Crippen molar-refractivity contribution in [2.45, 2.75) is 13.3 Å². The Labute approximate surface area is 106 Å². The molecule has 6 nitrogen and oxygen atoms in total. The molecule has 1 rings (SSSR count). The van der Waals surface area contributed by atoms with Crippen LogP contribution >= 0.6 is 0 Å². The molecule has 1 aromatic carbocycles. The van der Waals surface area contributed by atoms with Crippen LogP contribution in [-0.2, 0) is 14.6 Å². The molecule has 100 valence electrons. The van der Waals surface area contributed by atoms with Gasteiger partial charge in [0.2, 0.25) is 0 Å². The topological polar surface area (TPSA) is 92.7 Å². The zero-order valence-corrected chi connectivity index (χ0v) is 10.7. The van der Waals surface area contributed by atoms with E-state index in [0.29, 0.717) is 5.56 Å². The fraction of sp³-hybridized carbons (Fsp3) is 0.364. The molecule has 0 bridgehead atoms. The van der Waals surface area contributed by atoms with E-state index in [9.17, 15) is 13.2 Å². The van der Waals surface area contributed by atoms with Gasteiger partial charge >= 0.3 is 10.4 Å². The van der Waals surface area contributed by atoms with Crippen LogP contribution in [0.2, 0.25) is 0 Å². The summed E-state index contributed by atoms with van der Waals surface area (Å²) in [4.78, 5) is 11.6. The van der Waals surface area contributed by atoms with Gasteiger partial charge in [0.1, 0.15) is 0 Å². The highest BCUT2D eigenvalue weighted by Crippen LogP contribution is 2.02. The molecule has 0 fully saturated rings. The smallest absolute Gasteiger partial charge is 0.352 e. The van der Waals surface area contributed by atoms with E-state index >= 15 is 0 Å². The SMILES string of the molecule is Cc1ccc(C(=O)NCCCOS(=O)(=O)O)cc1. The number of hydrogen-bond donors (Lipinski definition) is 2. The zero-order chi connectivity index (χ0) is 13.6. The van der Waals surface area contributed by atoms with Gasteiger partial charge in [-0.25, -0.2) is 4.18 Å². The van der Waals surface area contributed by atoms with Crippen molar-refractivity contribution in [3.05, 3.63) is 35.4 Å². The maximum absolute atomic E-state index is 11.6. The third kappa shape index (κ3) is 5.76. The van der Waals surface area contributed by atoms with Gasteiger partial charge in [0.15, 0.2) is 0 Å². The van der Waals surface area contributed by atoms with Crippen molar-refractivity contribution in [2.24, 2.45) is 0 Å². The van der Waals surface area contributed by atoms with Gasteiger partial charge in [0.25, 0.3) is 5.91 Å². The molecule has 0 radical (unpaired) electrons. The number of rotatable bonds is 6. The third-order valence-corrected chi connectivity index (χ3v) is 2.62. The largest absolute Gasteiger partial charge is 0.397 e. The van der Waals surface area contributed by atoms with Crippen LogP contribution in [0.15, 0.2) is 24.3 Å². The predicted octanol–water partition coefficient (Wildman–Crippen LogP) is 0.934. The third-order valence-electron chi connectivity index (χ3n) is 2.15. The number of benzene rings is 1. The lowest BCUT2D eigenvalue weighted by Crippen LogP contribution is -2.25. The molecule has 1 aromatic rings. The second kappa shape index (κ2) is 6.48. The van der Waals surface area contributed by atoms with Crippen molar-refractivity contribution < 1.29 is 21.9 Å². The second-order valence-electron chi connectivity index (χ2n) is 3.73. The highest BCUT2D eigenvalue weighted by Gasteiger charge is 2.05. The average Bonchev–Trinajstić information content (AvgIpc) is 2.27. The molecule has 18 heavy (non-hydrogen) atoms. The van der Waals surface area contributed by atoms with Gasteiger partial charge in [-0.2, -0.15) is 8.42 Å². The summed E-state index contributed by atoms with van der Waals surface area (Å²) in [5.41, 5.74) is 1.60. The van der Waals surface area contributed by atoms with E-state index < -0.39 is 10.4 Å². The fourth-order valence-corrected chi connectivity index (χ4v) is 1.57. The normalized spacial score (nSPS) is 11.2. The highest BCUT2D eigenvalue weighted by molar-refractivity contribution is 7.80. The summed E-state index contributed by atoms with van der Waals surface area (Å²) in [6.45, 7) is 2.02. The van der Waals surface area contributed by atoms with E-state index in [1.54, 1.807) is 12.1 Å². The quantitative estimate of drug-likeness (QED) is 0.594. The average molecular weight is 273 g/mol. The molecule has 0 aliphatic rings. The Morgan fingerprint density at radius 1 is 1.33 bits per heavy atom. The molecule has 0 saturated heterocycles. The Morgan fingerprint density at radius 3 is 2.50 bits per heavy atom. The number of carbonyl (C=O) groups excluding carboxylic acids is 1. The summed E-state index contributed by atoms with van der Waals surface area (Å²) in [6, 6.07) is 7.07. The molecule has 0 heterocycles. The van der Waals surface area contributed by atoms with Crippen LogP contribution in [0.25, 0.3) is 0 Å². The molecule has 0 aliphatic carbocycles. The van der Waals surface area contributed by atoms with Gasteiger partial charge in [0, 0.05) is 12.1 Å². The van der Waals surface area contributed by atoms with Crippen LogP contribution < -0.4 is 5.32 Å². The van der Waals surface area contributed by atoms with Crippen molar-refractivity contribution in [1.82, 2.24) is 5.32 Å². The van der Waals surface area contributed by atoms with Gasteiger partial charge in [-0.15, -0.1) is 0 Å². The Hall–Kier alpha value is -1.44. The molecular weight excluding hydrogens is 258 g/mol. The molecule has 7 heteroatoms. The number of amides is 1. The molecule has 0 spiro atoms. The van der Waals surface area contributed by atoms with E-state index in [2.05, 4.69) is 9.50 Å². The van der Waals surface area contributed by atoms with Gasteiger partial charge < -0.3 is 5.32 Å².